The van der Waals surface area contributed by atoms with Crippen LogP contribution in [0, 0.1) is 11.7 Å². The monoisotopic (exact) mass is 318 g/mol. The van der Waals surface area contributed by atoms with Crippen LogP contribution in [0.1, 0.15) is 43.6 Å². The first-order valence-corrected chi connectivity index (χ1v) is 8.86. The van der Waals surface area contributed by atoms with E-state index in [0.717, 1.165) is 63.8 Å². The summed E-state index contributed by atoms with van der Waals surface area (Å²) in [6, 6.07) is 6.82. The second-order valence-corrected chi connectivity index (χ2v) is 7.13. The van der Waals surface area contributed by atoms with Crippen LogP contribution in [0.4, 0.5) is 4.39 Å². The van der Waals surface area contributed by atoms with Gasteiger partial charge >= 0.3 is 0 Å². The minimum atomic E-state index is -0.194. The van der Waals surface area contributed by atoms with E-state index in [9.17, 15) is 9.18 Å². The number of rotatable bonds is 2. The van der Waals surface area contributed by atoms with E-state index < -0.39 is 0 Å². The normalized spacial score (nSPS) is 26.8. The number of carbonyl (C=O) groups excluding carboxylic acids is 1. The molecule has 2 aliphatic rings. The third kappa shape index (κ3) is 4.11. The molecule has 2 fully saturated rings. The third-order valence-electron chi connectivity index (χ3n) is 5.30. The lowest BCUT2D eigenvalue weighted by atomic mass is 9.93. The molecular weight excluding hydrogens is 291 g/mol. The molecule has 0 radical (unpaired) electrons. The topological polar surface area (TPSA) is 23.6 Å². The second-order valence-electron chi connectivity index (χ2n) is 7.13. The number of nitrogens with zero attached hydrogens (tertiary/aromatic N) is 2. The van der Waals surface area contributed by atoms with E-state index in [1.807, 2.05) is 12.1 Å². The maximum atomic E-state index is 13.1. The predicted molar refractivity (Wildman–Crippen MR) is 89.8 cm³/mol. The maximum Gasteiger partial charge on any atom is 0.226 e. The van der Waals surface area contributed by atoms with E-state index in [-0.39, 0.29) is 11.7 Å². The highest BCUT2D eigenvalue weighted by Gasteiger charge is 2.30. The minimum Gasteiger partial charge on any atom is -0.342 e. The summed E-state index contributed by atoms with van der Waals surface area (Å²) in [6.45, 7) is 3.64. The van der Waals surface area contributed by atoms with Crippen molar-refractivity contribution in [1.82, 2.24) is 9.80 Å². The highest BCUT2D eigenvalue weighted by Crippen LogP contribution is 2.28. The highest BCUT2D eigenvalue weighted by atomic mass is 19.1. The zero-order valence-corrected chi connectivity index (χ0v) is 14.0. The number of benzene rings is 1. The Morgan fingerprint density at radius 3 is 2.57 bits per heavy atom. The Morgan fingerprint density at radius 2 is 1.83 bits per heavy atom. The van der Waals surface area contributed by atoms with Gasteiger partial charge in [0.1, 0.15) is 5.82 Å². The SMILES string of the molecule is CN1CCCC(C(=O)N2CCCCC(c3ccc(F)cc3)C2)C1. The zero-order chi connectivity index (χ0) is 16.2. The molecule has 3 rings (SSSR count). The molecule has 2 atom stereocenters. The molecule has 0 aliphatic carbocycles. The molecule has 2 aliphatic heterocycles. The summed E-state index contributed by atoms with van der Waals surface area (Å²) in [5.41, 5.74) is 1.16. The maximum absolute atomic E-state index is 13.1. The van der Waals surface area contributed by atoms with E-state index in [1.54, 1.807) is 0 Å². The number of carbonyl (C=O) groups is 1. The largest absolute Gasteiger partial charge is 0.342 e. The molecule has 0 spiro atoms. The molecule has 0 aromatic heterocycles. The van der Waals surface area contributed by atoms with Crippen molar-refractivity contribution < 1.29 is 9.18 Å². The standard InChI is InChI=1S/C19H27FN2O/c1-21-11-4-6-17(13-21)19(23)22-12-3-2-5-16(14-22)15-7-9-18(20)10-8-15/h7-10,16-17H,2-6,11-14H2,1H3. The molecular formula is C19H27FN2O. The summed E-state index contributed by atoms with van der Waals surface area (Å²) >= 11 is 0. The fraction of sp³-hybridized carbons (Fsp3) is 0.632. The van der Waals surface area contributed by atoms with Crippen molar-refractivity contribution in [3.8, 4) is 0 Å². The van der Waals surface area contributed by atoms with Gasteiger partial charge in [0.15, 0.2) is 0 Å². The van der Waals surface area contributed by atoms with E-state index in [0.29, 0.717) is 11.8 Å². The number of hydrogen-bond acceptors (Lipinski definition) is 2. The Morgan fingerprint density at radius 1 is 1.04 bits per heavy atom. The minimum absolute atomic E-state index is 0.153. The summed E-state index contributed by atoms with van der Waals surface area (Å²) in [4.78, 5) is 17.3. The summed E-state index contributed by atoms with van der Waals surface area (Å²) in [5, 5.41) is 0. The van der Waals surface area contributed by atoms with Crippen LogP contribution in [0.3, 0.4) is 0 Å². The Kier molecular flexibility index (Phi) is 5.31. The Bertz CT molecular complexity index is 531. The quantitative estimate of drug-likeness (QED) is 0.835. The van der Waals surface area contributed by atoms with Crippen LogP contribution in [0.5, 0.6) is 0 Å². The molecule has 1 aromatic carbocycles. The highest BCUT2D eigenvalue weighted by molar-refractivity contribution is 5.79. The van der Waals surface area contributed by atoms with Crippen molar-refractivity contribution in [2.45, 2.75) is 38.0 Å². The first kappa shape index (κ1) is 16.4. The van der Waals surface area contributed by atoms with E-state index in [1.165, 1.54) is 12.1 Å². The van der Waals surface area contributed by atoms with Crippen molar-refractivity contribution in [1.29, 1.82) is 0 Å². The molecule has 1 amide bonds. The summed E-state index contributed by atoms with van der Waals surface area (Å²) in [6.07, 6.45) is 5.42. The van der Waals surface area contributed by atoms with Crippen LogP contribution in [0.15, 0.2) is 24.3 Å². The summed E-state index contributed by atoms with van der Waals surface area (Å²) < 4.78 is 13.1. The Balaban J connectivity index is 1.69. The molecule has 4 heteroatoms. The van der Waals surface area contributed by atoms with Crippen molar-refractivity contribution in [2.75, 3.05) is 33.2 Å². The van der Waals surface area contributed by atoms with Crippen molar-refractivity contribution in [3.63, 3.8) is 0 Å². The number of likely N-dealkylation sites (tertiary alicyclic amines) is 2. The first-order chi connectivity index (χ1) is 11.1. The van der Waals surface area contributed by atoms with Gasteiger partial charge in [0.2, 0.25) is 5.91 Å². The van der Waals surface area contributed by atoms with Crippen LogP contribution >= 0.6 is 0 Å². The lowest BCUT2D eigenvalue weighted by molar-refractivity contribution is -0.137. The average Bonchev–Trinajstić information content (AvgIpc) is 2.81. The fourth-order valence-corrected chi connectivity index (χ4v) is 3.98. The van der Waals surface area contributed by atoms with Gasteiger partial charge < -0.3 is 9.80 Å². The van der Waals surface area contributed by atoms with E-state index in [2.05, 4.69) is 16.8 Å². The molecule has 2 saturated heterocycles. The van der Waals surface area contributed by atoms with E-state index in [4.69, 9.17) is 0 Å². The molecule has 23 heavy (non-hydrogen) atoms. The number of piperidine rings is 1. The molecule has 2 unspecified atom stereocenters. The van der Waals surface area contributed by atoms with Gasteiger partial charge in [-0.1, -0.05) is 18.6 Å². The first-order valence-electron chi connectivity index (χ1n) is 8.86. The fourth-order valence-electron chi connectivity index (χ4n) is 3.98. The smallest absolute Gasteiger partial charge is 0.226 e. The van der Waals surface area contributed by atoms with Crippen LogP contribution < -0.4 is 0 Å². The lowest BCUT2D eigenvalue weighted by Crippen LogP contribution is -2.44. The van der Waals surface area contributed by atoms with Gasteiger partial charge in [-0.2, -0.15) is 0 Å². The molecule has 0 bridgehead atoms. The van der Waals surface area contributed by atoms with Gasteiger partial charge in [0.25, 0.3) is 0 Å². The van der Waals surface area contributed by atoms with E-state index >= 15 is 0 Å². The van der Waals surface area contributed by atoms with Crippen LogP contribution in [0.2, 0.25) is 0 Å². The number of amides is 1. The van der Waals surface area contributed by atoms with Gasteiger partial charge in [0, 0.05) is 25.6 Å². The molecule has 2 heterocycles. The van der Waals surface area contributed by atoms with Crippen LogP contribution in [0.25, 0.3) is 0 Å². The number of hydrogen-bond donors (Lipinski definition) is 0. The molecule has 126 valence electrons. The molecule has 0 saturated carbocycles. The third-order valence-corrected chi connectivity index (χ3v) is 5.30. The van der Waals surface area contributed by atoms with Gasteiger partial charge in [-0.05, 0) is 57.0 Å². The molecule has 1 aromatic rings. The second kappa shape index (κ2) is 7.43. The lowest BCUT2D eigenvalue weighted by Gasteiger charge is -2.33. The Labute approximate surface area is 138 Å². The summed E-state index contributed by atoms with van der Waals surface area (Å²) in [7, 11) is 2.10. The van der Waals surface area contributed by atoms with Crippen LogP contribution in [-0.4, -0.2) is 48.9 Å². The molecule has 3 nitrogen and oxygen atoms in total. The van der Waals surface area contributed by atoms with Gasteiger partial charge in [-0.3, -0.25) is 4.79 Å². The van der Waals surface area contributed by atoms with Gasteiger partial charge in [-0.15, -0.1) is 0 Å². The average molecular weight is 318 g/mol. The summed E-state index contributed by atoms with van der Waals surface area (Å²) in [5.74, 6) is 0.621. The molecule has 0 N–H and O–H groups in total. The van der Waals surface area contributed by atoms with Gasteiger partial charge in [-0.25, -0.2) is 4.39 Å². The number of halogens is 1. The zero-order valence-electron chi connectivity index (χ0n) is 14.0. The Hall–Kier alpha value is -1.42. The van der Waals surface area contributed by atoms with Crippen molar-refractivity contribution >= 4 is 5.91 Å². The van der Waals surface area contributed by atoms with Crippen molar-refractivity contribution in [3.05, 3.63) is 35.6 Å². The predicted octanol–water partition coefficient (Wildman–Crippen LogP) is 3.26. The van der Waals surface area contributed by atoms with Gasteiger partial charge in [0.05, 0.1) is 5.92 Å². The van der Waals surface area contributed by atoms with Crippen molar-refractivity contribution in [2.24, 2.45) is 5.92 Å². The van der Waals surface area contributed by atoms with Crippen LogP contribution in [-0.2, 0) is 4.79 Å².